The van der Waals surface area contributed by atoms with E-state index in [-0.39, 0.29) is 29.9 Å². The first-order valence-electron chi connectivity index (χ1n) is 10.9. The third kappa shape index (κ3) is 7.46. The van der Waals surface area contributed by atoms with Gasteiger partial charge in [-0.15, -0.1) is 11.8 Å². The minimum absolute atomic E-state index is 0.124. The molecule has 0 aromatic heterocycles. The van der Waals surface area contributed by atoms with E-state index in [0.717, 1.165) is 16.7 Å². The smallest absolute Gasteiger partial charge is 0.242 e. The normalized spacial score (nSPS) is 11.6. The van der Waals surface area contributed by atoms with E-state index in [0.29, 0.717) is 12.2 Å². The summed E-state index contributed by atoms with van der Waals surface area (Å²) in [5.74, 6) is 0.271. The van der Waals surface area contributed by atoms with Gasteiger partial charge in [0.05, 0.1) is 5.75 Å². The number of hydrogen-bond acceptors (Lipinski definition) is 3. The van der Waals surface area contributed by atoms with Crippen molar-refractivity contribution in [3.63, 3.8) is 0 Å². The lowest BCUT2D eigenvalue weighted by Gasteiger charge is -2.31. The van der Waals surface area contributed by atoms with E-state index in [2.05, 4.69) is 29.6 Å². The number of aryl methyl sites for hydroxylation is 1. The summed E-state index contributed by atoms with van der Waals surface area (Å²) in [6.45, 7) is 2.27. The van der Waals surface area contributed by atoms with Crippen LogP contribution in [0.4, 0.5) is 4.39 Å². The van der Waals surface area contributed by atoms with Crippen LogP contribution < -0.4 is 5.32 Å². The zero-order valence-electron chi connectivity index (χ0n) is 19.0. The quantitative estimate of drug-likeness (QED) is 0.471. The van der Waals surface area contributed by atoms with Crippen LogP contribution in [-0.2, 0) is 28.3 Å². The Hall–Kier alpha value is -3.12. The van der Waals surface area contributed by atoms with Gasteiger partial charge in [-0.3, -0.25) is 9.59 Å². The monoisotopic (exact) mass is 464 g/mol. The molecule has 0 saturated heterocycles. The Balaban J connectivity index is 1.79. The van der Waals surface area contributed by atoms with Gasteiger partial charge in [0.15, 0.2) is 0 Å². The number of carbonyl (C=O) groups excluding carboxylic acids is 2. The second-order valence-corrected chi connectivity index (χ2v) is 8.93. The van der Waals surface area contributed by atoms with E-state index in [1.54, 1.807) is 24.1 Å². The molecule has 4 nitrogen and oxygen atoms in total. The summed E-state index contributed by atoms with van der Waals surface area (Å²) in [6, 6.07) is 23.3. The number of thioether (sulfide) groups is 1. The predicted octanol–water partition coefficient (Wildman–Crippen LogP) is 4.75. The average Bonchev–Trinajstić information content (AvgIpc) is 2.83. The maximum Gasteiger partial charge on any atom is 0.242 e. The molecule has 0 aliphatic carbocycles. The number of amides is 2. The van der Waals surface area contributed by atoms with Crippen molar-refractivity contribution in [2.75, 3.05) is 12.8 Å². The second-order valence-electron chi connectivity index (χ2n) is 7.95. The van der Waals surface area contributed by atoms with Gasteiger partial charge in [0, 0.05) is 25.8 Å². The Labute approximate surface area is 199 Å². The molecule has 172 valence electrons. The van der Waals surface area contributed by atoms with Gasteiger partial charge >= 0.3 is 0 Å². The number of hydrogen-bond donors (Lipinski definition) is 1. The predicted molar refractivity (Wildman–Crippen MR) is 132 cm³/mol. The molecular weight excluding hydrogens is 435 g/mol. The first kappa shape index (κ1) is 24.5. The van der Waals surface area contributed by atoms with Crippen LogP contribution in [0.15, 0.2) is 78.9 Å². The zero-order valence-corrected chi connectivity index (χ0v) is 19.8. The lowest BCUT2D eigenvalue weighted by Crippen LogP contribution is -2.50. The zero-order chi connectivity index (χ0) is 23.6. The van der Waals surface area contributed by atoms with Crippen molar-refractivity contribution in [1.29, 1.82) is 0 Å². The molecule has 0 fully saturated rings. The molecule has 3 aromatic rings. The third-order valence-corrected chi connectivity index (χ3v) is 6.39. The molecule has 2 amide bonds. The Morgan fingerprint density at radius 2 is 1.55 bits per heavy atom. The summed E-state index contributed by atoms with van der Waals surface area (Å²) in [5.41, 5.74) is 4.08. The first-order chi connectivity index (χ1) is 16.0. The molecule has 33 heavy (non-hydrogen) atoms. The van der Waals surface area contributed by atoms with Crippen LogP contribution in [0.1, 0.15) is 22.3 Å². The van der Waals surface area contributed by atoms with Crippen LogP contribution >= 0.6 is 11.8 Å². The molecule has 3 rings (SSSR count). The summed E-state index contributed by atoms with van der Waals surface area (Å²) < 4.78 is 13.4. The fourth-order valence-electron chi connectivity index (χ4n) is 3.53. The highest BCUT2D eigenvalue weighted by atomic mass is 32.2. The second kappa shape index (κ2) is 12.2. The van der Waals surface area contributed by atoms with Gasteiger partial charge in [-0.2, -0.15) is 0 Å². The highest BCUT2D eigenvalue weighted by Crippen LogP contribution is 2.19. The first-order valence-corrected chi connectivity index (χ1v) is 12.0. The Morgan fingerprint density at radius 3 is 2.18 bits per heavy atom. The molecule has 0 radical (unpaired) electrons. The number of nitrogens with zero attached hydrogens (tertiary/aromatic N) is 1. The average molecular weight is 465 g/mol. The molecule has 0 saturated carbocycles. The maximum atomic E-state index is 13.4. The van der Waals surface area contributed by atoms with E-state index in [4.69, 9.17) is 0 Å². The van der Waals surface area contributed by atoms with E-state index in [9.17, 15) is 14.0 Å². The van der Waals surface area contributed by atoms with Crippen molar-refractivity contribution >= 4 is 23.6 Å². The summed E-state index contributed by atoms with van der Waals surface area (Å²) in [6.07, 6.45) is 0.399. The minimum Gasteiger partial charge on any atom is -0.357 e. The van der Waals surface area contributed by atoms with Gasteiger partial charge < -0.3 is 10.2 Å². The molecular formula is C27H29FN2O2S. The summed E-state index contributed by atoms with van der Waals surface area (Å²) >= 11 is 1.52. The van der Waals surface area contributed by atoms with E-state index >= 15 is 0 Å². The summed E-state index contributed by atoms with van der Waals surface area (Å²) in [4.78, 5) is 27.8. The number of carbonyl (C=O) groups is 2. The van der Waals surface area contributed by atoms with Gasteiger partial charge in [0.25, 0.3) is 0 Å². The van der Waals surface area contributed by atoms with Crippen LogP contribution in [0.25, 0.3) is 0 Å². The molecule has 0 unspecified atom stereocenters. The lowest BCUT2D eigenvalue weighted by molar-refractivity contribution is -0.139. The molecule has 0 bridgehead atoms. The number of likely N-dealkylation sites (N-methyl/N-ethyl adjacent to an activating group) is 1. The van der Waals surface area contributed by atoms with E-state index in [1.807, 2.05) is 37.3 Å². The van der Waals surface area contributed by atoms with Gasteiger partial charge in [0.1, 0.15) is 11.9 Å². The van der Waals surface area contributed by atoms with Gasteiger partial charge in [-0.05, 0) is 35.7 Å². The molecule has 0 heterocycles. The molecule has 6 heteroatoms. The van der Waals surface area contributed by atoms with Gasteiger partial charge in [-0.25, -0.2) is 4.39 Å². The van der Waals surface area contributed by atoms with Crippen LogP contribution in [0, 0.1) is 12.7 Å². The third-order valence-electron chi connectivity index (χ3n) is 5.40. The molecule has 3 aromatic carbocycles. The fraction of sp³-hybridized carbons (Fsp3) is 0.259. The molecule has 0 spiro atoms. The van der Waals surface area contributed by atoms with Crippen LogP contribution in [0.2, 0.25) is 0 Å². The van der Waals surface area contributed by atoms with Crippen molar-refractivity contribution in [3.05, 3.63) is 107 Å². The topological polar surface area (TPSA) is 49.4 Å². The molecule has 0 aliphatic heterocycles. The maximum absolute atomic E-state index is 13.4. The highest BCUT2D eigenvalue weighted by Gasteiger charge is 2.29. The van der Waals surface area contributed by atoms with Gasteiger partial charge in [0.2, 0.25) is 11.8 Å². The van der Waals surface area contributed by atoms with Crippen molar-refractivity contribution in [1.82, 2.24) is 10.2 Å². The minimum atomic E-state index is -0.671. The number of rotatable bonds is 10. The van der Waals surface area contributed by atoms with Gasteiger partial charge in [-0.1, -0.05) is 72.3 Å². The van der Waals surface area contributed by atoms with E-state index < -0.39 is 6.04 Å². The van der Waals surface area contributed by atoms with Crippen LogP contribution in [0.3, 0.4) is 0 Å². The highest BCUT2D eigenvalue weighted by molar-refractivity contribution is 7.99. The van der Waals surface area contributed by atoms with Crippen LogP contribution in [0.5, 0.6) is 0 Å². The number of halogens is 1. The number of nitrogens with one attached hydrogen (secondary N) is 1. The summed E-state index contributed by atoms with van der Waals surface area (Å²) in [7, 11) is 1.58. The number of benzene rings is 3. The lowest BCUT2D eigenvalue weighted by atomic mass is 10.0. The van der Waals surface area contributed by atoms with E-state index in [1.165, 1.54) is 29.5 Å². The van der Waals surface area contributed by atoms with Crippen molar-refractivity contribution < 1.29 is 14.0 Å². The molecule has 1 atom stereocenters. The Morgan fingerprint density at radius 1 is 0.909 bits per heavy atom. The molecule has 1 N–H and O–H groups in total. The van der Waals surface area contributed by atoms with Crippen molar-refractivity contribution in [2.24, 2.45) is 0 Å². The Kier molecular flexibility index (Phi) is 9.07. The SMILES string of the molecule is CNC(=O)[C@H](Cc1ccccc1)N(Cc1ccc(F)cc1)C(=O)CSCc1ccc(C)cc1. The fourth-order valence-corrected chi connectivity index (χ4v) is 4.40. The standard InChI is InChI=1S/C27H29FN2O2S/c1-20-8-10-23(11-9-20)18-33-19-26(31)30(17-22-12-14-24(28)15-13-22)25(27(32)29-2)16-21-6-4-3-5-7-21/h3-15,25H,16-19H2,1-2H3,(H,29,32)/t25-/m0/s1. The summed E-state index contributed by atoms with van der Waals surface area (Å²) in [5, 5.41) is 2.70. The molecule has 0 aliphatic rings. The largest absolute Gasteiger partial charge is 0.357 e. The van der Waals surface area contributed by atoms with Crippen molar-refractivity contribution in [3.8, 4) is 0 Å². The Bertz CT molecular complexity index is 1040. The van der Waals surface area contributed by atoms with Crippen LogP contribution in [-0.4, -0.2) is 35.6 Å². The van der Waals surface area contributed by atoms with Crippen molar-refractivity contribution in [2.45, 2.75) is 31.7 Å².